The molecule has 0 saturated carbocycles. The highest BCUT2D eigenvalue weighted by Crippen LogP contribution is 2.21. The lowest BCUT2D eigenvalue weighted by molar-refractivity contribution is 0.0594. The highest BCUT2D eigenvalue weighted by molar-refractivity contribution is 9.10. The Morgan fingerprint density at radius 2 is 2.12 bits per heavy atom. The topological polar surface area (TPSA) is 85.6 Å². The molecule has 0 atom stereocenters. The average molecular weight is 410 g/mol. The van der Waals surface area contributed by atoms with Gasteiger partial charge in [-0.2, -0.15) is 5.10 Å². The van der Waals surface area contributed by atoms with E-state index in [1.807, 2.05) is 0 Å². The number of rotatable bonds is 3. The molecule has 1 N–H and O–H groups in total. The summed E-state index contributed by atoms with van der Waals surface area (Å²) >= 11 is 9.35. The summed E-state index contributed by atoms with van der Waals surface area (Å²) in [5, 5.41) is 6.88. The van der Waals surface area contributed by atoms with Gasteiger partial charge >= 0.3 is 5.97 Å². The second-order valence-electron chi connectivity index (χ2n) is 4.74. The summed E-state index contributed by atoms with van der Waals surface area (Å²) in [6.07, 6.45) is 4.58. The van der Waals surface area contributed by atoms with Gasteiger partial charge in [0.25, 0.3) is 5.91 Å². The van der Waals surface area contributed by atoms with Gasteiger partial charge in [-0.3, -0.25) is 4.79 Å². The van der Waals surface area contributed by atoms with E-state index in [-0.39, 0.29) is 16.6 Å². The number of amides is 1. The largest absolute Gasteiger partial charge is 0.464 e. The van der Waals surface area contributed by atoms with Crippen molar-refractivity contribution in [2.24, 2.45) is 0 Å². The molecule has 9 heteroatoms. The molecule has 0 aliphatic heterocycles. The van der Waals surface area contributed by atoms with E-state index in [1.165, 1.54) is 19.4 Å². The van der Waals surface area contributed by atoms with Crippen LogP contribution in [0.2, 0.25) is 5.02 Å². The van der Waals surface area contributed by atoms with E-state index in [4.69, 9.17) is 11.6 Å². The number of hydrogen-bond donors (Lipinski definition) is 1. The van der Waals surface area contributed by atoms with Crippen molar-refractivity contribution in [1.29, 1.82) is 0 Å². The Morgan fingerprint density at radius 1 is 1.33 bits per heavy atom. The Bertz CT molecular complexity index is 957. The zero-order chi connectivity index (χ0) is 17.3. The van der Waals surface area contributed by atoms with Crippen LogP contribution in [-0.2, 0) is 4.74 Å². The smallest absolute Gasteiger partial charge is 0.358 e. The number of pyridine rings is 2. The molecule has 0 aliphatic carbocycles. The van der Waals surface area contributed by atoms with Crippen LogP contribution < -0.4 is 5.32 Å². The zero-order valence-corrected chi connectivity index (χ0v) is 14.6. The standard InChI is InChI=1S/C15H10BrClN4O3/c1-24-15(23)13-11(17)4-9(5-18-13)20-14(22)8-2-3-12-10(16)6-19-21(12)7-8/h2-7H,1H3,(H,20,22). The van der Waals surface area contributed by atoms with Gasteiger partial charge < -0.3 is 10.1 Å². The van der Waals surface area contributed by atoms with Crippen molar-refractivity contribution >= 4 is 50.6 Å². The minimum Gasteiger partial charge on any atom is -0.464 e. The van der Waals surface area contributed by atoms with Crippen molar-refractivity contribution < 1.29 is 14.3 Å². The maximum atomic E-state index is 12.3. The van der Waals surface area contributed by atoms with Gasteiger partial charge in [0, 0.05) is 6.20 Å². The number of carbonyl (C=O) groups is 2. The first kappa shape index (κ1) is 16.4. The minimum absolute atomic E-state index is 0.0139. The summed E-state index contributed by atoms with van der Waals surface area (Å²) in [5.41, 5.74) is 1.60. The Balaban J connectivity index is 1.83. The summed E-state index contributed by atoms with van der Waals surface area (Å²) in [5.74, 6) is -1.00. The fourth-order valence-corrected chi connectivity index (χ4v) is 2.69. The normalized spacial score (nSPS) is 10.6. The number of ether oxygens (including phenoxy) is 1. The van der Waals surface area contributed by atoms with E-state index < -0.39 is 5.97 Å². The molecule has 3 heterocycles. The van der Waals surface area contributed by atoms with E-state index in [0.717, 1.165) is 9.99 Å². The molecule has 24 heavy (non-hydrogen) atoms. The van der Waals surface area contributed by atoms with E-state index in [9.17, 15) is 9.59 Å². The van der Waals surface area contributed by atoms with Gasteiger partial charge in [-0.05, 0) is 34.1 Å². The van der Waals surface area contributed by atoms with Crippen molar-refractivity contribution in [1.82, 2.24) is 14.6 Å². The molecule has 3 aromatic rings. The first-order chi connectivity index (χ1) is 11.5. The summed E-state index contributed by atoms with van der Waals surface area (Å²) in [6, 6.07) is 4.88. The number of fused-ring (bicyclic) bond motifs is 1. The summed E-state index contributed by atoms with van der Waals surface area (Å²) in [6.45, 7) is 0. The third kappa shape index (κ3) is 3.10. The lowest BCUT2D eigenvalue weighted by Gasteiger charge is -2.07. The molecular formula is C15H10BrClN4O3. The molecule has 0 spiro atoms. The average Bonchev–Trinajstić information content (AvgIpc) is 2.95. The number of anilines is 1. The Kier molecular flexibility index (Phi) is 4.50. The van der Waals surface area contributed by atoms with Crippen molar-refractivity contribution in [3.8, 4) is 0 Å². The van der Waals surface area contributed by atoms with Crippen molar-refractivity contribution in [3.05, 3.63) is 57.5 Å². The number of nitrogens with one attached hydrogen (secondary N) is 1. The summed E-state index contributed by atoms with van der Waals surface area (Å²) in [4.78, 5) is 27.7. The molecule has 7 nitrogen and oxygen atoms in total. The van der Waals surface area contributed by atoms with Crippen molar-refractivity contribution in [2.75, 3.05) is 12.4 Å². The molecule has 0 unspecified atom stereocenters. The second-order valence-corrected chi connectivity index (χ2v) is 6.00. The molecule has 0 bridgehead atoms. The number of halogens is 2. The maximum absolute atomic E-state index is 12.3. The minimum atomic E-state index is -0.646. The molecule has 0 saturated heterocycles. The molecule has 3 aromatic heterocycles. The van der Waals surface area contributed by atoms with Crippen molar-refractivity contribution in [3.63, 3.8) is 0 Å². The van der Waals surface area contributed by atoms with Crippen LogP contribution in [0.15, 0.2) is 41.3 Å². The first-order valence-corrected chi connectivity index (χ1v) is 7.85. The molecule has 1 amide bonds. The van der Waals surface area contributed by atoms with Crippen LogP contribution in [0, 0.1) is 0 Å². The first-order valence-electron chi connectivity index (χ1n) is 6.67. The zero-order valence-electron chi connectivity index (χ0n) is 12.3. The molecule has 0 aromatic carbocycles. The van der Waals surface area contributed by atoms with E-state index in [2.05, 4.69) is 36.1 Å². The Morgan fingerprint density at radius 3 is 2.83 bits per heavy atom. The number of esters is 1. The third-order valence-electron chi connectivity index (χ3n) is 3.21. The van der Waals surface area contributed by atoms with Crippen LogP contribution in [0.1, 0.15) is 20.8 Å². The number of hydrogen-bond acceptors (Lipinski definition) is 5. The van der Waals surface area contributed by atoms with Gasteiger partial charge in [0.15, 0.2) is 5.69 Å². The number of nitrogens with zero attached hydrogens (tertiary/aromatic N) is 3. The monoisotopic (exact) mass is 408 g/mol. The SMILES string of the molecule is COC(=O)c1ncc(NC(=O)c2ccc3c(Br)cnn3c2)cc1Cl. The highest BCUT2D eigenvalue weighted by Gasteiger charge is 2.15. The third-order valence-corrected chi connectivity index (χ3v) is 4.11. The van der Waals surface area contributed by atoms with Crippen LogP contribution in [0.4, 0.5) is 5.69 Å². The number of carbonyl (C=O) groups excluding carboxylic acids is 2. The van der Waals surface area contributed by atoms with Gasteiger partial charge in [0.2, 0.25) is 0 Å². The van der Waals surface area contributed by atoms with Gasteiger partial charge in [-0.1, -0.05) is 11.6 Å². The number of aromatic nitrogens is 3. The molecule has 0 aliphatic rings. The van der Waals surface area contributed by atoms with E-state index in [1.54, 1.807) is 29.0 Å². The summed E-state index contributed by atoms with van der Waals surface area (Å²) < 4.78 is 6.99. The predicted octanol–water partition coefficient (Wildman–Crippen LogP) is 3.18. The molecule has 3 rings (SSSR count). The van der Waals surface area contributed by atoms with Crippen molar-refractivity contribution in [2.45, 2.75) is 0 Å². The fraction of sp³-hybridized carbons (Fsp3) is 0.0667. The van der Waals surface area contributed by atoms with Crippen LogP contribution in [-0.4, -0.2) is 33.6 Å². The van der Waals surface area contributed by atoms with Gasteiger partial charge in [0.1, 0.15) is 0 Å². The second kappa shape index (κ2) is 6.58. The van der Waals surface area contributed by atoms with Gasteiger partial charge in [-0.25, -0.2) is 14.3 Å². The molecular weight excluding hydrogens is 400 g/mol. The van der Waals surface area contributed by atoms with Crippen LogP contribution in [0.25, 0.3) is 5.52 Å². The predicted molar refractivity (Wildman–Crippen MR) is 91.4 cm³/mol. The fourth-order valence-electron chi connectivity index (χ4n) is 2.04. The molecule has 0 radical (unpaired) electrons. The van der Waals surface area contributed by atoms with Crippen LogP contribution >= 0.6 is 27.5 Å². The summed E-state index contributed by atoms with van der Waals surface area (Å²) in [7, 11) is 1.24. The van der Waals surface area contributed by atoms with Gasteiger partial charge in [0.05, 0.1) is 45.8 Å². The Hall–Kier alpha value is -2.45. The lowest BCUT2D eigenvalue weighted by Crippen LogP contribution is -2.14. The quantitative estimate of drug-likeness (QED) is 0.672. The highest BCUT2D eigenvalue weighted by atomic mass is 79.9. The van der Waals surface area contributed by atoms with Crippen LogP contribution in [0.5, 0.6) is 0 Å². The van der Waals surface area contributed by atoms with E-state index in [0.29, 0.717) is 11.3 Å². The van der Waals surface area contributed by atoms with Crippen LogP contribution in [0.3, 0.4) is 0 Å². The maximum Gasteiger partial charge on any atom is 0.358 e. The Labute approximate surface area is 149 Å². The van der Waals surface area contributed by atoms with E-state index >= 15 is 0 Å². The number of methoxy groups -OCH3 is 1. The van der Waals surface area contributed by atoms with Gasteiger partial charge in [-0.15, -0.1) is 0 Å². The lowest BCUT2D eigenvalue weighted by atomic mass is 10.2. The molecule has 122 valence electrons. The molecule has 0 fully saturated rings.